The fourth-order valence-corrected chi connectivity index (χ4v) is 3.66. The molecular weight excluding hydrogens is 232 g/mol. The van der Waals surface area contributed by atoms with Crippen LogP contribution in [0.15, 0.2) is 34.4 Å². The minimum atomic E-state index is 0.115. The number of allylic oxidation sites excluding steroid dienone is 6. The number of Topliss-reactive ketones (excluding diaryl/α,β-unsaturated/α-hetero) is 1. The zero-order valence-corrected chi connectivity index (χ0v) is 13.3. The Bertz CT molecular complexity index is 524. The third kappa shape index (κ3) is 2.13. The van der Waals surface area contributed by atoms with E-state index in [2.05, 4.69) is 53.7 Å². The van der Waals surface area contributed by atoms with Crippen LogP contribution in [0.1, 0.15) is 54.9 Å². The molecule has 0 radical (unpaired) electrons. The van der Waals surface area contributed by atoms with Crippen molar-refractivity contribution in [1.29, 1.82) is 0 Å². The maximum Gasteiger partial charge on any atom is 0.156 e. The van der Waals surface area contributed by atoms with Crippen molar-refractivity contribution < 1.29 is 4.79 Å². The zero-order valence-electron chi connectivity index (χ0n) is 13.3. The van der Waals surface area contributed by atoms with Crippen LogP contribution >= 0.6 is 0 Å². The van der Waals surface area contributed by atoms with Crippen LogP contribution in [0, 0.1) is 16.7 Å². The molecule has 0 amide bonds. The third-order valence-electron chi connectivity index (χ3n) is 5.25. The van der Waals surface area contributed by atoms with Gasteiger partial charge in [-0.2, -0.15) is 0 Å². The lowest BCUT2D eigenvalue weighted by Crippen LogP contribution is -2.38. The van der Waals surface area contributed by atoms with Crippen molar-refractivity contribution in [3.8, 4) is 0 Å². The monoisotopic (exact) mass is 258 g/mol. The van der Waals surface area contributed by atoms with E-state index in [0.717, 1.165) is 17.6 Å². The first-order chi connectivity index (χ1) is 8.57. The lowest BCUT2D eigenvalue weighted by Gasteiger charge is -2.49. The average molecular weight is 258 g/mol. The second-order valence-corrected chi connectivity index (χ2v) is 7.35. The lowest BCUT2D eigenvalue weighted by molar-refractivity contribution is -0.114. The van der Waals surface area contributed by atoms with E-state index < -0.39 is 0 Å². The largest absolute Gasteiger partial charge is 0.295 e. The van der Waals surface area contributed by atoms with E-state index in [1.807, 2.05) is 0 Å². The van der Waals surface area contributed by atoms with Crippen LogP contribution in [0.4, 0.5) is 0 Å². The van der Waals surface area contributed by atoms with Gasteiger partial charge in [-0.1, -0.05) is 51.0 Å². The van der Waals surface area contributed by atoms with E-state index >= 15 is 0 Å². The van der Waals surface area contributed by atoms with Crippen LogP contribution in [-0.4, -0.2) is 5.78 Å². The first kappa shape index (κ1) is 14.3. The molecule has 0 aliphatic heterocycles. The summed E-state index contributed by atoms with van der Waals surface area (Å²) in [6, 6.07) is 0. The Morgan fingerprint density at radius 1 is 1.21 bits per heavy atom. The predicted molar refractivity (Wildman–Crippen MR) is 80.9 cm³/mol. The summed E-state index contributed by atoms with van der Waals surface area (Å²) in [4.78, 5) is 11.8. The molecule has 0 heterocycles. The normalized spacial score (nSPS) is 28.5. The first-order valence-corrected chi connectivity index (χ1v) is 7.20. The molecular formula is C18H26O. The topological polar surface area (TPSA) is 17.1 Å². The van der Waals surface area contributed by atoms with Gasteiger partial charge in [-0.3, -0.25) is 4.79 Å². The van der Waals surface area contributed by atoms with Crippen LogP contribution in [-0.2, 0) is 4.79 Å². The number of fused-ring (bicyclic) bond motifs is 1. The highest BCUT2D eigenvalue weighted by atomic mass is 16.1. The number of carbonyl (C=O) groups is 1. The summed E-state index contributed by atoms with van der Waals surface area (Å²) in [7, 11) is 0. The minimum Gasteiger partial charge on any atom is -0.295 e. The number of hydrogen-bond donors (Lipinski definition) is 0. The molecule has 0 bridgehead atoms. The summed E-state index contributed by atoms with van der Waals surface area (Å²) in [5, 5.41) is 0. The molecule has 0 saturated carbocycles. The Kier molecular flexibility index (Phi) is 3.16. The quantitative estimate of drug-likeness (QED) is 0.614. The van der Waals surface area contributed by atoms with Crippen LogP contribution < -0.4 is 0 Å². The van der Waals surface area contributed by atoms with Gasteiger partial charge < -0.3 is 0 Å². The van der Waals surface area contributed by atoms with Gasteiger partial charge in [0.15, 0.2) is 5.78 Å². The highest BCUT2D eigenvalue weighted by Gasteiger charge is 2.44. The van der Waals surface area contributed by atoms with Gasteiger partial charge >= 0.3 is 0 Å². The van der Waals surface area contributed by atoms with Crippen LogP contribution in [0.2, 0.25) is 0 Å². The van der Waals surface area contributed by atoms with Crippen molar-refractivity contribution in [2.45, 2.75) is 54.9 Å². The molecule has 0 saturated heterocycles. The summed E-state index contributed by atoms with van der Waals surface area (Å²) < 4.78 is 0. The first-order valence-electron chi connectivity index (χ1n) is 7.20. The standard InChI is InChI=1S/C18H26O/c1-11-8-16-15(9-14(11)13(3)19)17(4,5)10-12(2)18(16,6)7/h8,10,15H,9H2,1-7H3. The molecule has 0 aromatic heterocycles. The lowest BCUT2D eigenvalue weighted by atomic mass is 9.55. The summed E-state index contributed by atoms with van der Waals surface area (Å²) in [5.74, 6) is 0.682. The Morgan fingerprint density at radius 2 is 1.79 bits per heavy atom. The van der Waals surface area contributed by atoms with Gasteiger partial charge in [0.1, 0.15) is 0 Å². The van der Waals surface area contributed by atoms with Crippen LogP contribution in [0.3, 0.4) is 0 Å². The molecule has 1 unspecified atom stereocenters. The van der Waals surface area contributed by atoms with Crippen molar-refractivity contribution in [2.75, 3.05) is 0 Å². The summed E-state index contributed by atoms with van der Waals surface area (Å²) in [6.07, 6.45) is 5.59. The fraction of sp³-hybridized carbons (Fsp3) is 0.611. The second-order valence-electron chi connectivity index (χ2n) is 7.35. The molecule has 1 nitrogen and oxygen atoms in total. The number of rotatable bonds is 1. The van der Waals surface area contributed by atoms with Gasteiger partial charge in [0.05, 0.1) is 0 Å². The molecule has 104 valence electrons. The number of hydrogen-bond acceptors (Lipinski definition) is 1. The molecule has 0 aromatic rings. The van der Waals surface area contributed by atoms with Gasteiger partial charge in [0.2, 0.25) is 0 Å². The summed E-state index contributed by atoms with van der Waals surface area (Å²) in [5.41, 5.74) is 5.37. The van der Waals surface area contributed by atoms with Gasteiger partial charge in [-0.15, -0.1) is 0 Å². The Morgan fingerprint density at radius 3 is 2.32 bits per heavy atom. The molecule has 19 heavy (non-hydrogen) atoms. The van der Waals surface area contributed by atoms with E-state index in [0.29, 0.717) is 5.92 Å². The van der Waals surface area contributed by atoms with Crippen molar-refractivity contribution in [3.63, 3.8) is 0 Å². The molecule has 0 aromatic carbocycles. The van der Waals surface area contributed by atoms with E-state index in [9.17, 15) is 4.79 Å². The molecule has 2 aliphatic carbocycles. The smallest absolute Gasteiger partial charge is 0.156 e. The third-order valence-corrected chi connectivity index (χ3v) is 5.25. The van der Waals surface area contributed by atoms with E-state index in [1.165, 1.54) is 11.1 Å². The highest BCUT2D eigenvalue weighted by molar-refractivity contribution is 5.95. The average Bonchev–Trinajstić information content (AvgIpc) is 2.25. The zero-order chi connectivity index (χ0) is 14.6. The summed E-state index contributed by atoms with van der Waals surface area (Å²) >= 11 is 0. The predicted octanol–water partition coefficient (Wildman–Crippen LogP) is 4.85. The second kappa shape index (κ2) is 4.19. The number of ketones is 1. The maximum atomic E-state index is 11.8. The molecule has 2 rings (SSSR count). The van der Waals surface area contributed by atoms with Crippen LogP contribution in [0.5, 0.6) is 0 Å². The molecule has 0 spiro atoms. The van der Waals surface area contributed by atoms with Crippen molar-refractivity contribution in [1.82, 2.24) is 0 Å². The number of carbonyl (C=O) groups excluding carboxylic acids is 1. The maximum absolute atomic E-state index is 11.8. The van der Waals surface area contributed by atoms with Gasteiger partial charge in [-0.05, 0) is 49.7 Å². The SMILES string of the molecule is CC(=O)C1=C(C)C=C2C(C1)C(C)(C)C=C(C)C2(C)C. The summed E-state index contributed by atoms with van der Waals surface area (Å²) in [6.45, 7) is 15.2. The van der Waals surface area contributed by atoms with Crippen molar-refractivity contribution in [2.24, 2.45) is 16.7 Å². The Hall–Kier alpha value is -1.11. The van der Waals surface area contributed by atoms with E-state index in [4.69, 9.17) is 0 Å². The highest BCUT2D eigenvalue weighted by Crippen LogP contribution is 2.55. The Balaban J connectivity index is 2.62. The molecule has 0 fully saturated rings. The van der Waals surface area contributed by atoms with Crippen molar-refractivity contribution >= 4 is 5.78 Å². The van der Waals surface area contributed by atoms with Crippen molar-refractivity contribution in [3.05, 3.63) is 34.4 Å². The Labute approximate surface area is 117 Å². The van der Waals surface area contributed by atoms with Gasteiger partial charge in [0, 0.05) is 5.41 Å². The molecule has 0 N–H and O–H groups in total. The molecule has 1 atom stereocenters. The van der Waals surface area contributed by atoms with E-state index in [1.54, 1.807) is 6.92 Å². The fourth-order valence-electron chi connectivity index (χ4n) is 3.66. The molecule has 1 heteroatoms. The molecule has 2 aliphatic rings. The van der Waals surface area contributed by atoms with Gasteiger partial charge in [-0.25, -0.2) is 0 Å². The van der Waals surface area contributed by atoms with Gasteiger partial charge in [0.25, 0.3) is 0 Å². The minimum absolute atomic E-state index is 0.115. The van der Waals surface area contributed by atoms with Crippen LogP contribution in [0.25, 0.3) is 0 Å². The van der Waals surface area contributed by atoms with E-state index in [-0.39, 0.29) is 16.6 Å².